The van der Waals surface area contributed by atoms with E-state index in [0.717, 1.165) is 21.9 Å². The maximum Gasteiger partial charge on any atom is 0.399 e. The molecule has 0 atom stereocenters. The lowest BCUT2D eigenvalue weighted by atomic mass is 10.0. The molecule has 0 saturated carbocycles. The Kier molecular flexibility index (Phi) is 4.91. The minimum atomic E-state index is -2.63. The van der Waals surface area contributed by atoms with Crippen LogP contribution in [0.4, 0.5) is 0 Å². The summed E-state index contributed by atoms with van der Waals surface area (Å²) in [6, 6.07) is 16.4. The van der Waals surface area contributed by atoms with Gasteiger partial charge in [-0.15, -0.1) is 6.58 Å². The van der Waals surface area contributed by atoms with Gasteiger partial charge < -0.3 is 8.85 Å². The van der Waals surface area contributed by atoms with Gasteiger partial charge in [-0.1, -0.05) is 55.1 Å². The summed E-state index contributed by atoms with van der Waals surface area (Å²) < 4.78 is 11.5. The summed E-state index contributed by atoms with van der Waals surface area (Å²) in [7, 11) is 0.721. The molecule has 0 aliphatic heterocycles. The zero-order chi connectivity index (χ0) is 15.3. The van der Waals surface area contributed by atoms with Crippen molar-refractivity contribution >= 4 is 19.8 Å². The fraction of sp³-hybridized carbons (Fsp3) is 0.111. The monoisotopic (exact) mass is 296 g/mol. The van der Waals surface area contributed by atoms with Crippen LogP contribution in [0.3, 0.4) is 0 Å². The molecule has 0 amide bonds. The van der Waals surface area contributed by atoms with Crippen LogP contribution in [0.15, 0.2) is 67.4 Å². The summed E-state index contributed by atoms with van der Waals surface area (Å²) in [5, 5.41) is 1.05. The van der Waals surface area contributed by atoms with E-state index in [9.17, 15) is 0 Å². The Balaban J connectivity index is 2.72. The van der Waals surface area contributed by atoms with Crippen molar-refractivity contribution in [2.24, 2.45) is 0 Å². The van der Waals surface area contributed by atoms with Gasteiger partial charge in [-0.25, -0.2) is 0 Å². The SMILES string of the molecule is C=Cc1ccc([Si](C=C)(OC)OC)c(-c2ccccc2)c1. The molecule has 0 heterocycles. The van der Waals surface area contributed by atoms with Crippen LogP contribution in [-0.4, -0.2) is 22.8 Å². The predicted octanol–water partition coefficient (Wildman–Crippen LogP) is 3.66. The van der Waals surface area contributed by atoms with Crippen molar-refractivity contribution < 1.29 is 8.85 Å². The highest BCUT2D eigenvalue weighted by Crippen LogP contribution is 2.23. The molecule has 0 saturated heterocycles. The Morgan fingerprint density at radius 2 is 1.62 bits per heavy atom. The second-order valence-corrected chi connectivity index (χ2v) is 7.75. The van der Waals surface area contributed by atoms with Gasteiger partial charge in [-0.2, -0.15) is 0 Å². The first-order valence-electron chi connectivity index (χ1n) is 6.77. The van der Waals surface area contributed by atoms with Crippen LogP contribution in [-0.2, 0) is 8.85 Å². The maximum absolute atomic E-state index is 5.73. The molecular formula is C18H20O2Si. The molecule has 2 rings (SSSR count). The highest BCUT2D eigenvalue weighted by atomic mass is 28.4. The molecule has 108 valence electrons. The van der Waals surface area contributed by atoms with Gasteiger partial charge in [0.15, 0.2) is 0 Å². The Morgan fingerprint density at radius 3 is 2.14 bits per heavy atom. The third kappa shape index (κ3) is 2.90. The van der Waals surface area contributed by atoms with Crippen LogP contribution < -0.4 is 5.19 Å². The van der Waals surface area contributed by atoms with E-state index < -0.39 is 8.56 Å². The molecule has 0 aliphatic rings. The molecular weight excluding hydrogens is 276 g/mol. The van der Waals surface area contributed by atoms with E-state index in [0.29, 0.717) is 0 Å². The zero-order valence-electron chi connectivity index (χ0n) is 12.5. The van der Waals surface area contributed by atoms with E-state index in [1.165, 1.54) is 0 Å². The van der Waals surface area contributed by atoms with Crippen molar-refractivity contribution in [3.63, 3.8) is 0 Å². The molecule has 2 nitrogen and oxygen atoms in total. The summed E-state index contributed by atoms with van der Waals surface area (Å²) >= 11 is 0. The molecule has 3 heteroatoms. The fourth-order valence-corrected chi connectivity index (χ4v) is 4.50. The quantitative estimate of drug-likeness (QED) is 0.757. The molecule has 2 aromatic carbocycles. The number of hydrogen-bond donors (Lipinski definition) is 0. The molecule has 0 fully saturated rings. The topological polar surface area (TPSA) is 18.5 Å². The zero-order valence-corrected chi connectivity index (χ0v) is 13.5. The average molecular weight is 296 g/mol. The van der Waals surface area contributed by atoms with Crippen LogP contribution in [0.2, 0.25) is 0 Å². The second-order valence-electron chi connectivity index (χ2n) is 4.66. The molecule has 2 aromatic rings. The van der Waals surface area contributed by atoms with Gasteiger partial charge >= 0.3 is 8.56 Å². The number of rotatable bonds is 6. The first kappa shape index (κ1) is 15.4. The van der Waals surface area contributed by atoms with E-state index in [4.69, 9.17) is 8.85 Å². The van der Waals surface area contributed by atoms with Gasteiger partial charge in [0.05, 0.1) is 0 Å². The largest absolute Gasteiger partial charge is 0.399 e. The summed E-state index contributed by atoms with van der Waals surface area (Å²) in [5.74, 6) is 0. The highest BCUT2D eigenvalue weighted by molar-refractivity contribution is 6.86. The molecule has 0 N–H and O–H groups in total. The average Bonchev–Trinajstić information content (AvgIpc) is 2.58. The van der Waals surface area contributed by atoms with E-state index in [-0.39, 0.29) is 0 Å². The molecule has 0 unspecified atom stereocenters. The predicted molar refractivity (Wildman–Crippen MR) is 91.6 cm³/mol. The first-order chi connectivity index (χ1) is 10.2. The minimum Gasteiger partial charge on any atom is -0.391 e. The van der Waals surface area contributed by atoms with Crippen LogP contribution in [0.25, 0.3) is 17.2 Å². The van der Waals surface area contributed by atoms with E-state index in [2.05, 4.69) is 37.4 Å². The minimum absolute atomic E-state index is 1.05. The fourth-order valence-electron chi connectivity index (χ4n) is 2.43. The molecule has 0 spiro atoms. The third-order valence-electron chi connectivity index (χ3n) is 3.61. The van der Waals surface area contributed by atoms with Gasteiger partial charge in [-0.05, 0) is 28.5 Å². The smallest absolute Gasteiger partial charge is 0.391 e. The van der Waals surface area contributed by atoms with E-state index in [1.807, 2.05) is 36.0 Å². The summed E-state index contributed by atoms with van der Waals surface area (Å²) in [5.41, 5.74) is 5.10. The lowest BCUT2D eigenvalue weighted by Crippen LogP contribution is -2.51. The Hall–Kier alpha value is -1.94. The second kappa shape index (κ2) is 6.67. The van der Waals surface area contributed by atoms with Crippen LogP contribution in [0.1, 0.15) is 5.56 Å². The van der Waals surface area contributed by atoms with Crippen LogP contribution >= 0.6 is 0 Å². The lowest BCUT2D eigenvalue weighted by Gasteiger charge is -2.26. The molecule has 0 aromatic heterocycles. The van der Waals surface area contributed by atoms with Gasteiger partial charge in [0.25, 0.3) is 0 Å². The normalized spacial score (nSPS) is 11.1. The van der Waals surface area contributed by atoms with Crippen molar-refractivity contribution in [2.75, 3.05) is 14.2 Å². The third-order valence-corrected chi connectivity index (χ3v) is 6.55. The molecule has 21 heavy (non-hydrogen) atoms. The number of hydrogen-bond acceptors (Lipinski definition) is 2. The molecule has 0 aliphatic carbocycles. The highest BCUT2D eigenvalue weighted by Gasteiger charge is 2.37. The summed E-state index contributed by atoms with van der Waals surface area (Å²) in [4.78, 5) is 0. The summed E-state index contributed by atoms with van der Waals surface area (Å²) in [6.45, 7) is 7.77. The Bertz CT molecular complexity index is 631. The van der Waals surface area contributed by atoms with Crippen molar-refractivity contribution in [3.05, 3.63) is 73.0 Å². The van der Waals surface area contributed by atoms with Crippen molar-refractivity contribution in [3.8, 4) is 11.1 Å². The molecule has 0 bridgehead atoms. The Labute approximate surface area is 127 Å². The van der Waals surface area contributed by atoms with Crippen molar-refractivity contribution in [2.45, 2.75) is 0 Å². The maximum atomic E-state index is 5.73. The number of benzene rings is 2. The van der Waals surface area contributed by atoms with Crippen molar-refractivity contribution in [1.82, 2.24) is 0 Å². The van der Waals surface area contributed by atoms with E-state index in [1.54, 1.807) is 14.2 Å². The van der Waals surface area contributed by atoms with Crippen LogP contribution in [0.5, 0.6) is 0 Å². The van der Waals surface area contributed by atoms with Gasteiger partial charge in [0, 0.05) is 19.4 Å². The standard InChI is InChI=1S/C18H20O2Si/c1-5-15-12-13-18(21(6-2,19-3)20-4)17(14-15)16-10-8-7-9-11-16/h5-14H,1-2H2,3-4H3. The van der Waals surface area contributed by atoms with Gasteiger partial charge in [-0.3, -0.25) is 0 Å². The van der Waals surface area contributed by atoms with E-state index >= 15 is 0 Å². The Morgan fingerprint density at radius 1 is 0.952 bits per heavy atom. The lowest BCUT2D eigenvalue weighted by molar-refractivity contribution is 0.271. The van der Waals surface area contributed by atoms with Crippen molar-refractivity contribution in [1.29, 1.82) is 0 Å². The van der Waals surface area contributed by atoms with Gasteiger partial charge in [0.1, 0.15) is 0 Å². The first-order valence-corrected chi connectivity index (χ1v) is 8.66. The molecule has 0 radical (unpaired) electrons. The van der Waals surface area contributed by atoms with Gasteiger partial charge in [0.2, 0.25) is 0 Å². The summed E-state index contributed by atoms with van der Waals surface area (Å²) in [6.07, 6.45) is 1.84. The van der Waals surface area contributed by atoms with Crippen LogP contribution in [0, 0.1) is 0 Å².